The number of hydrogen-bond donors (Lipinski definition) is 1. The summed E-state index contributed by atoms with van der Waals surface area (Å²) in [6, 6.07) is 6.40. The van der Waals surface area contributed by atoms with Crippen LogP contribution < -0.4 is 10.1 Å². The lowest BCUT2D eigenvalue weighted by Crippen LogP contribution is -2.59. The highest BCUT2D eigenvalue weighted by Crippen LogP contribution is 2.37. The van der Waals surface area contributed by atoms with E-state index >= 15 is 0 Å². The smallest absolute Gasteiger partial charge is 0.329 e. The summed E-state index contributed by atoms with van der Waals surface area (Å²) in [5.74, 6) is -0.809. The van der Waals surface area contributed by atoms with E-state index in [0.29, 0.717) is 49.3 Å². The van der Waals surface area contributed by atoms with Crippen LogP contribution in [0.1, 0.15) is 121 Å². The normalized spacial score (nSPS) is 29.8. The predicted molar refractivity (Wildman–Crippen MR) is 268 cm³/mol. The van der Waals surface area contributed by atoms with Crippen molar-refractivity contribution in [2.45, 2.75) is 182 Å². The molecule has 0 unspecified atom stereocenters. The summed E-state index contributed by atoms with van der Waals surface area (Å²) in [6.07, 6.45) is 4.58. The second-order valence-corrected chi connectivity index (χ2v) is 26.2. The van der Waals surface area contributed by atoms with Crippen LogP contribution in [-0.2, 0) is 39.6 Å². The Bertz CT molecular complexity index is 1890. The van der Waals surface area contributed by atoms with Gasteiger partial charge in [0.15, 0.2) is 8.32 Å². The van der Waals surface area contributed by atoms with Crippen LogP contribution in [0.5, 0.6) is 5.75 Å². The van der Waals surface area contributed by atoms with Gasteiger partial charge < -0.3 is 33.9 Å². The Morgan fingerprint density at radius 2 is 1.56 bits per heavy atom. The first kappa shape index (κ1) is 54.9. The number of cyclic esters (lactones) is 1. The maximum absolute atomic E-state index is 14.8. The van der Waals surface area contributed by atoms with E-state index in [9.17, 15) is 24.0 Å². The van der Waals surface area contributed by atoms with E-state index in [1.165, 1.54) is 9.80 Å². The molecule has 1 N–H and O–H groups in total. The minimum absolute atomic E-state index is 0.00647. The number of rotatable bonds is 10. The average Bonchev–Trinajstić information content (AvgIpc) is 3.99. The van der Waals surface area contributed by atoms with Gasteiger partial charge in [-0.3, -0.25) is 24.2 Å². The number of methoxy groups -OCH3 is 1. The molecule has 4 rings (SSSR count). The SMILES string of the molecule is CC[C@H](C)[C@H]1C(=O)N2CCC[C@H]2C(=O)O[C@H](C(C)(C)C)C[C@H](C)C[C@H](O[Si](CC)(CC)CC)[C@H](C)C2=N[C@@H](/C=C(\C)C(=O)N[C@@H](Cc3ccc(OC)cc3)C(=O)N(C)[C@@H](C)C(=O)N1C)CS2. The van der Waals surface area contributed by atoms with Gasteiger partial charge >= 0.3 is 5.97 Å². The lowest BCUT2D eigenvalue weighted by molar-refractivity contribution is -0.166. The third-order valence-electron chi connectivity index (χ3n) is 14.7. The number of carbonyl (C=O) groups is 5. The van der Waals surface area contributed by atoms with Crippen molar-refractivity contribution in [1.29, 1.82) is 0 Å². The highest BCUT2D eigenvalue weighted by Gasteiger charge is 2.45. The molecule has 3 aliphatic heterocycles. The van der Waals surface area contributed by atoms with E-state index < -0.39 is 62.3 Å². The second-order valence-electron chi connectivity index (χ2n) is 20.4. The Labute approximate surface area is 402 Å². The summed E-state index contributed by atoms with van der Waals surface area (Å²) in [5.41, 5.74) is 0.852. The van der Waals surface area contributed by atoms with Crippen molar-refractivity contribution in [3.8, 4) is 5.75 Å². The van der Waals surface area contributed by atoms with Gasteiger partial charge in [0.1, 0.15) is 36.0 Å². The van der Waals surface area contributed by atoms with E-state index in [2.05, 4.69) is 60.7 Å². The summed E-state index contributed by atoms with van der Waals surface area (Å²) in [4.78, 5) is 81.9. The lowest BCUT2D eigenvalue weighted by atomic mass is 9.81. The highest BCUT2D eigenvalue weighted by atomic mass is 32.2. The number of amides is 4. The van der Waals surface area contributed by atoms with Crippen LogP contribution >= 0.6 is 11.8 Å². The number of nitrogens with zero attached hydrogens (tertiary/aromatic N) is 4. The molecule has 0 aromatic heterocycles. The molecule has 3 heterocycles. The van der Waals surface area contributed by atoms with Crippen molar-refractivity contribution in [2.75, 3.05) is 33.5 Å². The zero-order valence-electron chi connectivity index (χ0n) is 42.9. The topological polar surface area (TPSA) is 147 Å². The van der Waals surface area contributed by atoms with Crippen molar-refractivity contribution in [2.24, 2.45) is 28.2 Å². The first-order chi connectivity index (χ1) is 31.0. The predicted octanol–water partition coefficient (Wildman–Crippen LogP) is 8.31. The lowest BCUT2D eigenvalue weighted by Gasteiger charge is -2.39. The van der Waals surface area contributed by atoms with Gasteiger partial charge in [0.05, 0.1) is 24.3 Å². The van der Waals surface area contributed by atoms with Gasteiger partial charge in [-0.1, -0.05) is 93.9 Å². The Balaban J connectivity index is 1.82. The molecular formula is C51H83N5O8SSi. The van der Waals surface area contributed by atoms with Gasteiger partial charge in [0.25, 0.3) is 0 Å². The van der Waals surface area contributed by atoms with Crippen molar-refractivity contribution in [1.82, 2.24) is 20.0 Å². The van der Waals surface area contributed by atoms with Gasteiger partial charge in [0, 0.05) is 44.3 Å². The maximum Gasteiger partial charge on any atom is 0.329 e. The number of nitrogens with one attached hydrogen (secondary N) is 1. The highest BCUT2D eigenvalue weighted by molar-refractivity contribution is 8.14. The summed E-state index contributed by atoms with van der Waals surface area (Å²) in [5, 5.41) is 4.00. The summed E-state index contributed by atoms with van der Waals surface area (Å²) in [7, 11) is 2.67. The number of ether oxygens (including phenoxy) is 2. The Hall–Kier alpha value is -3.69. The zero-order chi connectivity index (χ0) is 49.3. The molecule has 3 aliphatic rings. The van der Waals surface area contributed by atoms with Crippen LogP contribution in [0.25, 0.3) is 0 Å². The van der Waals surface area contributed by atoms with Crippen LogP contribution in [0.15, 0.2) is 40.9 Å². The largest absolute Gasteiger partial charge is 0.497 e. The van der Waals surface area contributed by atoms with Crippen LogP contribution in [0.4, 0.5) is 0 Å². The maximum atomic E-state index is 14.8. The first-order valence-electron chi connectivity index (χ1n) is 24.6. The number of hydrogen-bond acceptors (Lipinski definition) is 10. The second kappa shape index (κ2) is 24.0. The molecular weight excluding hydrogens is 871 g/mol. The molecule has 1 aromatic rings. The van der Waals surface area contributed by atoms with E-state index in [-0.39, 0.29) is 47.6 Å². The quantitative estimate of drug-likeness (QED) is 0.181. The number of benzene rings is 1. The molecule has 0 aliphatic carbocycles. The fourth-order valence-corrected chi connectivity index (χ4v) is 13.6. The Kier molecular flexibility index (Phi) is 20.0. The standard InChI is InChI=1S/C51H83N5O8SSi/c1-16-33(6)44-49(60)56-26-20-21-41(56)50(61)63-43(51(10,11)12)28-32(5)27-42(64-66(17-2,18-3)19-4)35(8)46-52-38(31-65-46)29-34(7)45(57)53-40(30-37-22-24-39(62-15)25-23-37)48(59)54(13)36(9)47(58)55(44)14/h22-25,29,32-33,35-36,38,40-44H,16-21,26-28,30-31H2,1-15H3,(H,53,57)/b34-29+/t32-,33+,35+,36+,38+,40+,41+,42+,43+,44+/m1/s1. The minimum Gasteiger partial charge on any atom is -0.497 e. The fourth-order valence-electron chi connectivity index (χ4n) is 9.56. The molecule has 2 bridgehead atoms. The number of carbonyl (C=O) groups excluding carboxylic acids is 5. The zero-order valence-corrected chi connectivity index (χ0v) is 44.7. The van der Waals surface area contributed by atoms with Crippen LogP contribution in [0, 0.1) is 23.2 Å². The molecule has 1 saturated heterocycles. The molecule has 66 heavy (non-hydrogen) atoms. The third-order valence-corrected chi connectivity index (χ3v) is 20.7. The fraction of sp³-hybridized carbons (Fsp3) is 0.725. The van der Waals surface area contributed by atoms with Gasteiger partial charge in [-0.2, -0.15) is 0 Å². The molecule has 0 saturated carbocycles. The molecule has 1 fully saturated rings. The van der Waals surface area contributed by atoms with Crippen LogP contribution in [-0.4, -0.2) is 134 Å². The number of esters is 1. The first-order valence-corrected chi connectivity index (χ1v) is 28.1. The summed E-state index contributed by atoms with van der Waals surface area (Å²) in [6.45, 7) is 25.1. The average molecular weight is 954 g/mol. The van der Waals surface area contributed by atoms with Gasteiger partial charge in [-0.15, -0.1) is 11.8 Å². The molecule has 370 valence electrons. The molecule has 4 amide bonds. The van der Waals surface area contributed by atoms with E-state index in [4.69, 9.17) is 18.9 Å². The van der Waals surface area contributed by atoms with Crippen molar-refractivity contribution < 1.29 is 37.9 Å². The van der Waals surface area contributed by atoms with Crippen molar-refractivity contribution >= 4 is 54.7 Å². The number of aliphatic imine (C=N–C) groups is 1. The molecule has 15 heteroatoms. The molecule has 0 spiro atoms. The summed E-state index contributed by atoms with van der Waals surface area (Å²) >= 11 is 1.70. The van der Waals surface area contributed by atoms with Crippen molar-refractivity contribution in [3.05, 3.63) is 41.5 Å². The van der Waals surface area contributed by atoms with Gasteiger partial charge in [0.2, 0.25) is 23.6 Å². The third kappa shape index (κ3) is 13.5. The van der Waals surface area contributed by atoms with E-state index in [1.807, 2.05) is 32.1 Å². The van der Waals surface area contributed by atoms with Crippen LogP contribution in [0.2, 0.25) is 18.1 Å². The number of thioether (sulfide) groups is 1. The minimum atomic E-state index is -2.07. The molecule has 0 radical (unpaired) electrons. The van der Waals surface area contributed by atoms with Crippen molar-refractivity contribution in [3.63, 3.8) is 0 Å². The van der Waals surface area contributed by atoms with E-state index in [1.54, 1.807) is 63.8 Å². The Morgan fingerprint density at radius 1 is 0.924 bits per heavy atom. The Morgan fingerprint density at radius 3 is 2.14 bits per heavy atom. The van der Waals surface area contributed by atoms with E-state index in [0.717, 1.165) is 35.2 Å². The van der Waals surface area contributed by atoms with Gasteiger partial charge in [-0.25, -0.2) is 4.79 Å². The molecule has 13 nitrogen and oxygen atoms in total. The number of fused-ring (bicyclic) bond motifs is 2. The molecule has 10 atom stereocenters. The molecule has 1 aromatic carbocycles. The van der Waals surface area contributed by atoms with Gasteiger partial charge in [-0.05, 0) is 92.6 Å². The monoisotopic (exact) mass is 954 g/mol. The summed E-state index contributed by atoms with van der Waals surface area (Å²) < 4.78 is 19.2. The van der Waals surface area contributed by atoms with Crippen LogP contribution in [0.3, 0.4) is 0 Å². The number of likely N-dealkylation sites (N-methyl/N-ethyl adjacent to an activating group) is 2.